The number of hydrogen-bond donors (Lipinski definition) is 1. The lowest BCUT2D eigenvalue weighted by molar-refractivity contribution is -0.144. The predicted molar refractivity (Wildman–Crippen MR) is 134 cm³/mol. The minimum atomic E-state index is -0.672. The Morgan fingerprint density at radius 1 is 0.943 bits per heavy atom. The fraction of sp³-hybridized carbons (Fsp3) is 0.690. The van der Waals surface area contributed by atoms with E-state index in [1.165, 1.54) is 31.4 Å². The van der Waals surface area contributed by atoms with Crippen LogP contribution in [0, 0.1) is 23.1 Å². The number of halogens is 1. The Balaban J connectivity index is 1.46. The summed E-state index contributed by atoms with van der Waals surface area (Å²) < 4.78 is 13.4. The summed E-state index contributed by atoms with van der Waals surface area (Å²) in [6, 6.07) is 5.48. The van der Waals surface area contributed by atoms with Crippen LogP contribution in [0.5, 0.6) is 0 Å². The van der Waals surface area contributed by atoms with Gasteiger partial charge in [-0.15, -0.1) is 0 Å². The Morgan fingerprint density at radius 2 is 1.51 bits per heavy atom. The summed E-state index contributed by atoms with van der Waals surface area (Å²) in [6.07, 6.45) is 12.6. The summed E-state index contributed by atoms with van der Waals surface area (Å²) in [7, 11) is 0. The van der Waals surface area contributed by atoms with Crippen molar-refractivity contribution >= 4 is 17.6 Å². The summed E-state index contributed by atoms with van der Waals surface area (Å²) in [4.78, 5) is 41.4. The monoisotopic (exact) mass is 484 g/mol. The van der Waals surface area contributed by atoms with Gasteiger partial charge in [-0.1, -0.05) is 50.7 Å². The van der Waals surface area contributed by atoms with Gasteiger partial charge in [-0.25, -0.2) is 4.39 Å². The molecule has 1 heterocycles. The summed E-state index contributed by atoms with van der Waals surface area (Å²) in [5.41, 5.74) is 0.514. The molecule has 1 saturated heterocycles. The van der Waals surface area contributed by atoms with E-state index in [2.05, 4.69) is 5.32 Å². The van der Waals surface area contributed by atoms with Gasteiger partial charge in [0.25, 0.3) is 0 Å². The third-order valence-electron chi connectivity index (χ3n) is 9.00. The average Bonchev–Trinajstić information content (AvgIpc) is 2.90. The highest BCUT2D eigenvalue weighted by Gasteiger charge is 2.46. The fourth-order valence-electron chi connectivity index (χ4n) is 6.76. The van der Waals surface area contributed by atoms with Gasteiger partial charge in [-0.2, -0.15) is 0 Å². The number of benzene rings is 1. The van der Waals surface area contributed by atoms with Crippen molar-refractivity contribution in [3.63, 3.8) is 0 Å². The number of piperidine rings is 1. The maximum absolute atomic E-state index is 13.7. The maximum atomic E-state index is 13.7. The molecular weight excluding hydrogens is 443 g/mol. The van der Waals surface area contributed by atoms with Crippen LogP contribution in [0.25, 0.3) is 0 Å². The molecule has 6 heteroatoms. The Morgan fingerprint density at radius 3 is 2.09 bits per heavy atom. The van der Waals surface area contributed by atoms with Gasteiger partial charge in [0, 0.05) is 30.8 Å². The molecule has 1 aliphatic heterocycles. The number of ketones is 1. The third-order valence-corrected chi connectivity index (χ3v) is 9.00. The molecule has 0 unspecified atom stereocenters. The molecule has 3 aliphatic rings. The van der Waals surface area contributed by atoms with E-state index in [1.807, 2.05) is 4.90 Å². The lowest BCUT2D eigenvalue weighted by atomic mass is 9.62. The van der Waals surface area contributed by atoms with E-state index < -0.39 is 6.04 Å². The van der Waals surface area contributed by atoms with Crippen LogP contribution in [0.1, 0.15) is 89.5 Å². The van der Waals surface area contributed by atoms with Gasteiger partial charge in [0.1, 0.15) is 17.6 Å². The van der Waals surface area contributed by atoms with Crippen molar-refractivity contribution in [2.24, 2.45) is 17.3 Å². The Labute approximate surface area is 209 Å². The molecule has 1 N–H and O–H groups in total. The molecule has 35 heavy (non-hydrogen) atoms. The first-order valence-corrected chi connectivity index (χ1v) is 13.7. The van der Waals surface area contributed by atoms with E-state index >= 15 is 0 Å². The molecule has 4 rings (SSSR count). The number of carbonyl (C=O) groups is 3. The highest BCUT2D eigenvalue weighted by atomic mass is 19.1. The highest BCUT2D eigenvalue weighted by Crippen LogP contribution is 2.46. The van der Waals surface area contributed by atoms with E-state index in [1.54, 1.807) is 19.1 Å². The topological polar surface area (TPSA) is 66.5 Å². The zero-order valence-electron chi connectivity index (χ0n) is 21.2. The number of nitrogens with one attached hydrogen (secondary N) is 1. The summed E-state index contributed by atoms with van der Waals surface area (Å²) in [5, 5.41) is 3.06. The standard InChI is InChI=1S/C29H41FN2O3/c1-21(33)29(24-10-6-3-7-11-24)16-18-32(19-17-29)28(35)26(20-22-12-14-25(30)15-13-22)31-27(34)23-8-4-2-5-9-23/h12-15,23-24,26H,2-11,16-20H2,1H3,(H,31,34)/t26-/m1/s1. The summed E-state index contributed by atoms with van der Waals surface area (Å²) in [5.74, 6) is 0.214. The second-order valence-corrected chi connectivity index (χ2v) is 11.1. The predicted octanol–water partition coefficient (Wildman–Crippen LogP) is 5.21. The molecule has 192 valence electrons. The van der Waals surface area contributed by atoms with Gasteiger partial charge in [-0.05, 0) is 69.1 Å². The first-order valence-electron chi connectivity index (χ1n) is 13.7. The second-order valence-electron chi connectivity index (χ2n) is 11.1. The minimum absolute atomic E-state index is 0.0368. The van der Waals surface area contributed by atoms with Crippen molar-refractivity contribution in [2.75, 3.05) is 13.1 Å². The molecule has 5 nitrogen and oxygen atoms in total. The van der Waals surface area contributed by atoms with Crippen molar-refractivity contribution in [2.45, 2.75) is 96.4 Å². The summed E-state index contributed by atoms with van der Waals surface area (Å²) in [6.45, 7) is 2.83. The molecule has 2 amide bonds. The molecule has 0 bridgehead atoms. The van der Waals surface area contributed by atoms with Crippen molar-refractivity contribution in [3.05, 3.63) is 35.6 Å². The van der Waals surface area contributed by atoms with Crippen LogP contribution in [0.3, 0.4) is 0 Å². The van der Waals surface area contributed by atoms with Crippen molar-refractivity contribution < 1.29 is 18.8 Å². The zero-order valence-corrected chi connectivity index (χ0v) is 21.2. The number of Topliss-reactive ketones (excluding diaryl/α,β-unsaturated/α-hetero) is 1. The number of likely N-dealkylation sites (tertiary alicyclic amines) is 1. The molecule has 3 fully saturated rings. The van der Waals surface area contributed by atoms with Gasteiger partial charge in [0.05, 0.1) is 0 Å². The Bertz CT molecular complexity index is 880. The highest BCUT2D eigenvalue weighted by molar-refractivity contribution is 5.89. The Hall–Kier alpha value is -2.24. The number of nitrogens with zero attached hydrogens (tertiary/aromatic N) is 1. The fourth-order valence-corrected chi connectivity index (χ4v) is 6.76. The van der Waals surface area contributed by atoms with Crippen LogP contribution in [0.2, 0.25) is 0 Å². The number of carbonyl (C=O) groups excluding carboxylic acids is 3. The molecule has 1 atom stereocenters. The van der Waals surface area contributed by atoms with E-state index in [9.17, 15) is 18.8 Å². The third kappa shape index (κ3) is 6.13. The van der Waals surface area contributed by atoms with E-state index in [0.29, 0.717) is 38.3 Å². The molecular formula is C29H41FN2O3. The van der Waals surface area contributed by atoms with Gasteiger partial charge in [0.15, 0.2) is 0 Å². The molecule has 1 aromatic rings. The molecule has 0 aromatic heterocycles. The first kappa shape index (κ1) is 25.8. The molecule has 2 aliphatic carbocycles. The minimum Gasteiger partial charge on any atom is -0.344 e. The number of amides is 2. The Kier molecular flexibility index (Phi) is 8.61. The van der Waals surface area contributed by atoms with E-state index in [-0.39, 0.29) is 34.7 Å². The van der Waals surface area contributed by atoms with Crippen LogP contribution in [-0.2, 0) is 20.8 Å². The largest absolute Gasteiger partial charge is 0.344 e. The van der Waals surface area contributed by atoms with E-state index in [4.69, 9.17) is 0 Å². The summed E-state index contributed by atoms with van der Waals surface area (Å²) >= 11 is 0. The van der Waals surface area contributed by atoms with Crippen LogP contribution in [0.15, 0.2) is 24.3 Å². The normalized spacial score (nSPS) is 22.4. The number of hydrogen-bond acceptors (Lipinski definition) is 3. The van der Waals surface area contributed by atoms with Gasteiger partial charge in [-0.3, -0.25) is 14.4 Å². The van der Waals surface area contributed by atoms with Crippen LogP contribution < -0.4 is 5.32 Å². The molecule has 0 spiro atoms. The number of rotatable bonds is 7. The van der Waals surface area contributed by atoms with Crippen molar-refractivity contribution in [1.29, 1.82) is 0 Å². The molecule has 0 radical (unpaired) electrons. The average molecular weight is 485 g/mol. The molecule has 1 aromatic carbocycles. The van der Waals surface area contributed by atoms with Crippen LogP contribution in [0.4, 0.5) is 4.39 Å². The van der Waals surface area contributed by atoms with Gasteiger partial charge < -0.3 is 10.2 Å². The SMILES string of the molecule is CC(=O)C1(C2CCCCC2)CCN(C(=O)[C@@H](Cc2ccc(F)cc2)NC(=O)C2CCCCC2)CC1. The van der Waals surface area contributed by atoms with Crippen LogP contribution >= 0.6 is 0 Å². The second kappa shape index (κ2) is 11.7. The van der Waals surface area contributed by atoms with Gasteiger partial charge in [0.2, 0.25) is 11.8 Å². The maximum Gasteiger partial charge on any atom is 0.245 e. The van der Waals surface area contributed by atoms with Gasteiger partial charge >= 0.3 is 0 Å². The lowest BCUT2D eigenvalue weighted by Gasteiger charge is -2.47. The molecule has 2 saturated carbocycles. The van der Waals surface area contributed by atoms with Crippen molar-refractivity contribution in [3.8, 4) is 0 Å². The van der Waals surface area contributed by atoms with E-state index in [0.717, 1.165) is 50.5 Å². The zero-order chi connectivity index (χ0) is 24.8. The lowest BCUT2D eigenvalue weighted by Crippen LogP contribution is -2.55. The quantitative estimate of drug-likeness (QED) is 0.578. The van der Waals surface area contributed by atoms with Crippen LogP contribution in [-0.4, -0.2) is 41.6 Å². The smallest absolute Gasteiger partial charge is 0.245 e. The first-order chi connectivity index (χ1) is 16.9. The van der Waals surface area contributed by atoms with Crippen molar-refractivity contribution in [1.82, 2.24) is 10.2 Å².